The van der Waals surface area contributed by atoms with E-state index >= 15 is 0 Å². The van der Waals surface area contributed by atoms with Crippen LogP contribution in [0.5, 0.6) is 0 Å². The summed E-state index contributed by atoms with van der Waals surface area (Å²) in [6, 6.07) is 0. The average molecular weight is 447 g/mol. The molecule has 0 aromatic carbocycles. The maximum atomic E-state index is 2.75. The molecule has 5 aliphatic carbocycles. The van der Waals surface area contributed by atoms with Gasteiger partial charge in [-0.25, -0.2) is 0 Å². The molecular weight excluding hydrogens is 392 g/mol. The summed E-state index contributed by atoms with van der Waals surface area (Å²) in [5.41, 5.74) is 3.10. The van der Waals surface area contributed by atoms with Crippen LogP contribution in [0.2, 0.25) is 0 Å². The topological polar surface area (TPSA) is 0 Å². The van der Waals surface area contributed by atoms with Gasteiger partial charge in [0.25, 0.3) is 0 Å². The summed E-state index contributed by atoms with van der Waals surface area (Å²) in [6.07, 6.45) is 25.1. The number of fused-ring (bicyclic) bond motifs is 5. The Kier molecular flexibility index (Phi) is 8.76. The first kappa shape index (κ1) is 25.7. The second kappa shape index (κ2) is 10.6. The zero-order valence-electron chi connectivity index (χ0n) is 21.6. The summed E-state index contributed by atoms with van der Waals surface area (Å²) < 4.78 is 0. The average Bonchev–Trinajstić information content (AvgIpc) is 3.54. The normalized spacial score (nSPS) is 42.9. The molecule has 0 aromatic rings. The molecular formula is C30H54S. The van der Waals surface area contributed by atoms with Gasteiger partial charge in [-0.3, -0.25) is 0 Å². The molecule has 7 atom stereocenters. The Balaban J connectivity index is 0.000000628. The maximum Gasteiger partial charge on any atom is -0.00851 e. The third kappa shape index (κ3) is 5.44. The summed E-state index contributed by atoms with van der Waals surface area (Å²) in [5, 5.41) is 0. The van der Waals surface area contributed by atoms with E-state index in [1.165, 1.54) is 89.9 Å². The quantitative estimate of drug-likeness (QED) is 0.291. The van der Waals surface area contributed by atoms with Crippen molar-refractivity contribution in [2.45, 2.75) is 131 Å². The van der Waals surface area contributed by atoms with Crippen molar-refractivity contribution < 1.29 is 0 Å². The van der Waals surface area contributed by atoms with Gasteiger partial charge >= 0.3 is 0 Å². The predicted octanol–water partition coefficient (Wildman–Crippen LogP) is 9.70. The van der Waals surface area contributed by atoms with Gasteiger partial charge in [0.05, 0.1) is 0 Å². The molecule has 7 unspecified atom stereocenters. The molecule has 0 heterocycles. The van der Waals surface area contributed by atoms with Crippen molar-refractivity contribution in [3.63, 3.8) is 0 Å². The zero-order valence-corrected chi connectivity index (χ0v) is 22.6. The maximum absolute atomic E-state index is 2.75. The van der Waals surface area contributed by atoms with Gasteiger partial charge in [0.15, 0.2) is 0 Å². The first-order valence-corrected chi connectivity index (χ1v) is 14.0. The van der Waals surface area contributed by atoms with Crippen molar-refractivity contribution in [2.24, 2.45) is 46.3 Å². The van der Waals surface area contributed by atoms with Crippen LogP contribution in [0.4, 0.5) is 0 Å². The van der Waals surface area contributed by atoms with E-state index in [1.54, 1.807) is 6.42 Å². The highest BCUT2D eigenvalue weighted by molar-refractivity contribution is 7.59. The molecule has 0 radical (unpaired) electrons. The number of allylic oxidation sites excluding steroid dienone is 2. The lowest BCUT2D eigenvalue weighted by atomic mass is 9.47. The van der Waals surface area contributed by atoms with Crippen molar-refractivity contribution in [3.8, 4) is 0 Å². The molecule has 0 aromatic heterocycles. The third-order valence-electron chi connectivity index (χ3n) is 10.5. The fourth-order valence-corrected chi connectivity index (χ4v) is 8.37. The molecule has 0 bridgehead atoms. The highest BCUT2D eigenvalue weighted by atomic mass is 32.1. The Bertz CT molecular complexity index is 601. The van der Waals surface area contributed by atoms with Crippen molar-refractivity contribution in [1.82, 2.24) is 0 Å². The molecule has 0 saturated heterocycles. The minimum Gasteiger partial charge on any atom is -0.197 e. The van der Waals surface area contributed by atoms with Crippen molar-refractivity contribution in [1.29, 1.82) is 0 Å². The van der Waals surface area contributed by atoms with Gasteiger partial charge in [0.2, 0.25) is 0 Å². The van der Waals surface area contributed by atoms with Crippen molar-refractivity contribution >= 4 is 13.5 Å². The SMILES string of the molecule is C1CC1.CC(C)CCCCC1CCC2C3CC=C4CC(C)CCC4(C)C3CCC12C.S. The Morgan fingerprint density at radius 1 is 0.935 bits per heavy atom. The summed E-state index contributed by atoms with van der Waals surface area (Å²) in [4.78, 5) is 0. The van der Waals surface area contributed by atoms with E-state index in [0.29, 0.717) is 10.8 Å². The van der Waals surface area contributed by atoms with Gasteiger partial charge < -0.3 is 0 Å². The second-order valence-electron chi connectivity index (χ2n) is 13.2. The molecule has 5 rings (SSSR count). The van der Waals surface area contributed by atoms with Crippen LogP contribution in [0.1, 0.15) is 131 Å². The molecule has 180 valence electrons. The summed E-state index contributed by atoms with van der Waals surface area (Å²) >= 11 is 0. The molecule has 5 aliphatic rings. The lowest BCUT2D eigenvalue weighted by Crippen LogP contribution is -2.49. The summed E-state index contributed by atoms with van der Waals surface area (Å²) in [5.74, 6) is 5.88. The highest BCUT2D eigenvalue weighted by Gasteiger charge is 2.58. The van der Waals surface area contributed by atoms with Crippen LogP contribution in [0.15, 0.2) is 11.6 Å². The molecule has 0 aliphatic heterocycles. The fourth-order valence-electron chi connectivity index (χ4n) is 8.37. The van der Waals surface area contributed by atoms with E-state index < -0.39 is 0 Å². The third-order valence-corrected chi connectivity index (χ3v) is 10.5. The van der Waals surface area contributed by atoms with Gasteiger partial charge in [-0.05, 0) is 104 Å². The van der Waals surface area contributed by atoms with Crippen LogP contribution in [0.25, 0.3) is 0 Å². The first-order chi connectivity index (χ1) is 14.3. The first-order valence-electron chi connectivity index (χ1n) is 14.0. The Hall–Kier alpha value is 0.0900. The number of rotatable bonds is 5. The van der Waals surface area contributed by atoms with E-state index in [4.69, 9.17) is 0 Å². The monoisotopic (exact) mass is 446 g/mol. The molecule has 31 heavy (non-hydrogen) atoms. The smallest absolute Gasteiger partial charge is 0.00851 e. The lowest BCUT2D eigenvalue weighted by Gasteiger charge is -2.58. The number of hydrogen-bond acceptors (Lipinski definition) is 0. The van der Waals surface area contributed by atoms with Crippen molar-refractivity contribution in [2.75, 3.05) is 0 Å². The van der Waals surface area contributed by atoms with Crippen LogP contribution in [-0.4, -0.2) is 0 Å². The van der Waals surface area contributed by atoms with Gasteiger partial charge in [0, 0.05) is 0 Å². The molecule has 0 nitrogen and oxygen atoms in total. The van der Waals surface area contributed by atoms with Crippen LogP contribution >= 0.6 is 13.5 Å². The highest BCUT2D eigenvalue weighted by Crippen LogP contribution is 2.67. The molecule has 4 saturated carbocycles. The minimum atomic E-state index is 0. The summed E-state index contributed by atoms with van der Waals surface area (Å²) in [7, 11) is 0. The standard InChI is InChI=1S/C27H46.C3H6.H2S/c1-19(2)8-6-7-9-21-11-13-24-23-12-10-22-18-20(3)14-16-27(22,5)25(23)15-17-26(21,24)4;1-2-3-1;/h10,19-21,23-25H,6-9,11-18H2,1-5H3;1-3H2;1H2. The molecule has 0 amide bonds. The summed E-state index contributed by atoms with van der Waals surface area (Å²) in [6.45, 7) is 12.6. The van der Waals surface area contributed by atoms with Crippen molar-refractivity contribution in [3.05, 3.63) is 11.6 Å². The van der Waals surface area contributed by atoms with Crippen LogP contribution < -0.4 is 0 Å². The van der Waals surface area contributed by atoms with E-state index in [0.717, 1.165) is 35.5 Å². The Morgan fingerprint density at radius 3 is 2.35 bits per heavy atom. The predicted molar refractivity (Wildman–Crippen MR) is 142 cm³/mol. The van der Waals surface area contributed by atoms with Gasteiger partial charge in [-0.15, -0.1) is 0 Å². The Labute approximate surface area is 202 Å². The second-order valence-corrected chi connectivity index (χ2v) is 13.2. The fraction of sp³-hybridized carbons (Fsp3) is 0.933. The van der Waals surface area contributed by atoms with E-state index in [1.807, 2.05) is 5.57 Å². The van der Waals surface area contributed by atoms with Gasteiger partial charge in [-0.2, -0.15) is 13.5 Å². The number of hydrogen-bond donors (Lipinski definition) is 0. The molecule has 0 spiro atoms. The van der Waals surface area contributed by atoms with Crippen LogP contribution in [0, 0.1) is 46.3 Å². The molecule has 0 N–H and O–H groups in total. The zero-order chi connectivity index (χ0) is 21.4. The molecule has 4 fully saturated rings. The van der Waals surface area contributed by atoms with E-state index in [9.17, 15) is 0 Å². The number of unbranched alkanes of at least 4 members (excludes halogenated alkanes) is 1. The Morgan fingerprint density at radius 2 is 1.68 bits per heavy atom. The molecule has 1 heteroatoms. The minimum absolute atomic E-state index is 0. The van der Waals surface area contributed by atoms with Crippen LogP contribution in [0.3, 0.4) is 0 Å². The lowest BCUT2D eigenvalue weighted by molar-refractivity contribution is -0.0450. The van der Waals surface area contributed by atoms with E-state index in [-0.39, 0.29) is 13.5 Å². The van der Waals surface area contributed by atoms with E-state index in [2.05, 4.69) is 40.7 Å². The van der Waals surface area contributed by atoms with Gasteiger partial charge in [-0.1, -0.05) is 84.8 Å². The largest absolute Gasteiger partial charge is 0.197 e. The van der Waals surface area contributed by atoms with Crippen LogP contribution in [-0.2, 0) is 0 Å². The van der Waals surface area contributed by atoms with Gasteiger partial charge in [0.1, 0.15) is 0 Å².